The molecular formula is C10H16O2. The van der Waals surface area contributed by atoms with Gasteiger partial charge in [-0.15, -0.1) is 0 Å². The van der Waals surface area contributed by atoms with Crippen molar-refractivity contribution in [2.24, 2.45) is 17.8 Å². The molecule has 2 rings (SSSR count). The summed E-state index contributed by atoms with van der Waals surface area (Å²) in [6.45, 7) is 4.49. The predicted octanol–water partition coefficient (Wildman–Crippen LogP) is 1.98. The van der Waals surface area contributed by atoms with E-state index in [-0.39, 0.29) is 12.1 Å². The molecule has 1 saturated heterocycles. The highest BCUT2D eigenvalue weighted by Gasteiger charge is 2.45. The molecule has 0 aromatic heterocycles. The first kappa shape index (κ1) is 8.09. The summed E-state index contributed by atoms with van der Waals surface area (Å²) in [5.74, 6) is 1.99. The van der Waals surface area contributed by atoms with Gasteiger partial charge < -0.3 is 4.74 Å². The monoisotopic (exact) mass is 168 g/mol. The van der Waals surface area contributed by atoms with Crippen LogP contribution in [0.25, 0.3) is 0 Å². The Morgan fingerprint density at radius 1 is 1.42 bits per heavy atom. The van der Waals surface area contributed by atoms with Crippen LogP contribution in [0.4, 0.5) is 0 Å². The zero-order chi connectivity index (χ0) is 8.72. The van der Waals surface area contributed by atoms with Gasteiger partial charge in [0.1, 0.15) is 6.10 Å². The number of fused-ring (bicyclic) bond motifs is 1. The highest BCUT2D eigenvalue weighted by Crippen LogP contribution is 2.44. The molecule has 0 aromatic carbocycles. The molecule has 1 saturated carbocycles. The molecular weight excluding hydrogens is 152 g/mol. The maximum absolute atomic E-state index is 11.0. The highest BCUT2D eigenvalue weighted by molar-refractivity contribution is 5.72. The van der Waals surface area contributed by atoms with E-state index in [4.69, 9.17) is 4.74 Å². The van der Waals surface area contributed by atoms with Gasteiger partial charge in [-0.05, 0) is 24.7 Å². The van der Waals surface area contributed by atoms with Crippen molar-refractivity contribution in [3.63, 3.8) is 0 Å². The van der Waals surface area contributed by atoms with E-state index < -0.39 is 0 Å². The molecule has 0 radical (unpaired) electrons. The van der Waals surface area contributed by atoms with Crippen LogP contribution >= 0.6 is 0 Å². The van der Waals surface area contributed by atoms with E-state index in [1.807, 2.05) is 0 Å². The first-order valence-electron chi connectivity index (χ1n) is 4.88. The highest BCUT2D eigenvalue weighted by atomic mass is 16.5. The van der Waals surface area contributed by atoms with Gasteiger partial charge in [-0.2, -0.15) is 0 Å². The molecule has 2 nitrogen and oxygen atoms in total. The second-order valence-electron chi connectivity index (χ2n) is 4.38. The number of hydrogen-bond acceptors (Lipinski definition) is 2. The fourth-order valence-corrected chi connectivity index (χ4v) is 2.73. The second kappa shape index (κ2) is 2.75. The third-order valence-corrected chi connectivity index (χ3v) is 3.35. The Labute approximate surface area is 73.3 Å². The van der Waals surface area contributed by atoms with Gasteiger partial charge in [0, 0.05) is 5.92 Å². The van der Waals surface area contributed by atoms with Crippen molar-refractivity contribution in [2.75, 3.05) is 0 Å². The maximum atomic E-state index is 11.0. The summed E-state index contributed by atoms with van der Waals surface area (Å²) in [7, 11) is 0. The molecule has 0 unspecified atom stereocenters. The number of carbonyl (C=O) groups is 1. The van der Waals surface area contributed by atoms with Gasteiger partial charge in [-0.25, -0.2) is 0 Å². The van der Waals surface area contributed by atoms with E-state index in [2.05, 4.69) is 13.8 Å². The molecule has 0 aromatic rings. The lowest BCUT2D eigenvalue weighted by atomic mass is 9.84. The maximum Gasteiger partial charge on any atom is 0.306 e. The van der Waals surface area contributed by atoms with E-state index in [1.54, 1.807) is 0 Å². The van der Waals surface area contributed by atoms with Crippen LogP contribution in [-0.2, 0) is 9.53 Å². The van der Waals surface area contributed by atoms with Crippen molar-refractivity contribution >= 4 is 5.97 Å². The fourth-order valence-electron chi connectivity index (χ4n) is 2.73. The van der Waals surface area contributed by atoms with E-state index in [1.165, 1.54) is 6.42 Å². The van der Waals surface area contributed by atoms with Gasteiger partial charge in [-0.3, -0.25) is 4.79 Å². The molecule has 1 heterocycles. The van der Waals surface area contributed by atoms with Crippen LogP contribution in [0.1, 0.15) is 33.1 Å². The lowest BCUT2D eigenvalue weighted by molar-refractivity contribution is -0.141. The van der Waals surface area contributed by atoms with Gasteiger partial charge >= 0.3 is 5.97 Å². The predicted molar refractivity (Wildman–Crippen MR) is 45.5 cm³/mol. The van der Waals surface area contributed by atoms with Crippen molar-refractivity contribution < 1.29 is 9.53 Å². The molecule has 2 fully saturated rings. The SMILES string of the molecule is CC(C)[C@@H]1CC[C@H]2OC(=O)C[C@H]21. The molecule has 2 heteroatoms. The molecule has 0 bridgehead atoms. The van der Waals surface area contributed by atoms with E-state index in [0.29, 0.717) is 18.3 Å². The molecule has 1 aliphatic carbocycles. The lowest BCUT2D eigenvalue weighted by Gasteiger charge is -2.19. The van der Waals surface area contributed by atoms with Crippen LogP contribution < -0.4 is 0 Å². The third kappa shape index (κ3) is 1.13. The molecule has 3 atom stereocenters. The summed E-state index contributed by atoms with van der Waals surface area (Å²) in [6, 6.07) is 0. The fraction of sp³-hybridized carbons (Fsp3) is 0.900. The largest absolute Gasteiger partial charge is 0.462 e. The normalized spacial score (nSPS) is 40.2. The number of hydrogen-bond donors (Lipinski definition) is 0. The number of rotatable bonds is 1. The Morgan fingerprint density at radius 2 is 2.17 bits per heavy atom. The van der Waals surface area contributed by atoms with E-state index >= 15 is 0 Å². The van der Waals surface area contributed by atoms with Gasteiger partial charge in [0.15, 0.2) is 0 Å². The summed E-state index contributed by atoms with van der Waals surface area (Å²) >= 11 is 0. The van der Waals surface area contributed by atoms with Crippen molar-refractivity contribution in [3.05, 3.63) is 0 Å². The number of carbonyl (C=O) groups excluding carboxylic acids is 1. The second-order valence-corrected chi connectivity index (χ2v) is 4.38. The Bertz CT molecular complexity index is 198. The summed E-state index contributed by atoms with van der Waals surface area (Å²) in [5.41, 5.74) is 0. The third-order valence-electron chi connectivity index (χ3n) is 3.35. The Kier molecular flexibility index (Phi) is 1.85. The average Bonchev–Trinajstić information content (AvgIpc) is 2.43. The van der Waals surface area contributed by atoms with E-state index in [9.17, 15) is 4.79 Å². The first-order valence-corrected chi connectivity index (χ1v) is 4.88. The van der Waals surface area contributed by atoms with Gasteiger partial charge in [0.05, 0.1) is 6.42 Å². The number of ether oxygens (including phenoxy) is 1. The lowest BCUT2D eigenvalue weighted by Crippen LogP contribution is -2.17. The van der Waals surface area contributed by atoms with Crippen molar-refractivity contribution in [3.8, 4) is 0 Å². The Hall–Kier alpha value is -0.530. The molecule has 68 valence electrons. The minimum Gasteiger partial charge on any atom is -0.462 e. The van der Waals surface area contributed by atoms with Crippen molar-refractivity contribution in [2.45, 2.75) is 39.2 Å². The molecule has 0 spiro atoms. The van der Waals surface area contributed by atoms with Crippen LogP contribution in [-0.4, -0.2) is 12.1 Å². The Balaban J connectivity index is 2.08. The minimum absolute atomic E-state index is 0.0235. The topological polar surface area (TPSA) is 26.3 Å². The van der Waals surface area contributed by atoms with Crippen LogP contribution in [0.2, 0.25) is 0 Å². The first-order chi connectivity index (χ1) is 5.68. The summed E-state index contributed by atoms with van der Waals surface area (Å²) in [6.07, 6.45) is 3.29. The van der Waals surface area contributed by atoms with Gasteiger partial charge in [-0.1, -0.05) is 13.8 Å². The van der Waals surface area contributed by atoms with Gasteiger partial charge in [0.2, 0.25) is 0 Å². The van der Waals surface area contributed by atoms with E-state index in [0.717, 1.165) is 12.3 Å². The average molecular weight is 168 g/mol. The summed E-state index contributed by atoms with van der Waals surface area (Å²) in [5, 5.41) is 0. The number of esters is 1. The van der Waals surface area contributed by atoms with Crippen LogP contribution in [0.3, 0.4) is 0 Å². The van der Waals surface area contributed by atoms with Crippen LogP contribution in [0, 0.1) is 17.8 Å². The van der Waals surface area contributed by atoms with Crippen molar-refractivity contribution in [1.29, 1.82) is 0 Å². The quantitative estimate of drug-likeness (QED) is 0.560. The zero-order valence-corrected chi connectivity index (χ0v) is 7.75. The zero-order valence-electron chi connectivity index (χ0n) is 7.75. The summed E-state index contributed by atoms with van der Waals surface area (Å²) in [4.78, 5) is 11.0. The summed E-state index contributed by atoms with van der Waals surface area (Å²) < 4.78 is 5.23. The van der Waals surface area contributed by atoms with Crippen LogP contribution in [0.5, 0.6) is 0 Å². The van der Waals surface area contributed by atoms with Crippen molar-refractivity contribution in [1.82, 2.24) is 0 Å². The molecule has 12 heavy (non-hydrogen) atoms. The molecule has 2 aliphatic rings. The Morgan fingerprint density at radius 3 is 2.83 bits per heavy atom. The molecule has 0 amide bonds. The smallest absolute Gasteiger partial charge is 0.306 e. The van der Waals surface area contributed by atoms with Gasteiger partial charge in [0.25, 0.3) is 0 Å². The van der Waals surface area contributed by atoms with Crippen LogP contribution in [0.15, 0.2) is 0 Å². The minimum atomic E-state index is 0.0235. The standard InChI is InChI=1S/C10H16O2/c1-6(2)7-3-4-9-8(7)5-10(11)12-9/h6-9H,3-5H2,1-2H3/t7-,8-,9+/m0/s1. The molecule has 1 aliphatic heterocycles. The molecule has 0 N–H and O–H groups in total.